The molecule has 6 nitrogen and oxygen atoms in total. The minimum absolute atomic E-state index is 0.503. The molecule has 1 fully saturated rings. The molecule has 0 amide bonds. The molecule has 170 valence electrons. The first-order chi connectivity index (χ1) is 15.6. The van der Waals surface area contributed by atoms with Crippen LogP contribution >= 0.6 is 15.9 Å². The second-order valence-corrected chi connectivity index (χ2v) is 10.2. The van der Waals surface area contributed by atoms with Crippen LogP contribution in [0.2, 0.25) is 0 Å². The molecule has 5 rings (SSSR count). The number of hydrogen-bond acceptors (Lipinski definition) is 5. The van der Waals surface area contributed by atoms with Gasteiger partial charge in [0.25, 0.3) is 0 Å². The average molecular weight is 497 g/mol. The van der Waals surface area contributed by atoms with Gasteiger partial charge in [-0.05, 0) is 75.1 Å². The number of nitrogens with zero attached hydrogens (tertiary/aromatic N) is 3. The summed E-state index contributed by atoms with van der Waals surface area (Å²) in [6.07, 6.45) is 11.5. The largest absolute Gasteiger partial charge is 0.373 e. The van der Waals surface area contributed by atoms with Crippen molar-refractivity contribution in [1.82, 2.24) is 20.3 Å². The zero-order valence-electron chi connectivity index (χ0n) is 19.0. The van der Waals surface area contributed by atoms with Crippen molar-refractivity contribution in [3.8, 4) is 0 Å². The van der Waals surface area contributed by atoms with Crippen molar-refractivity contribution >= 4 is 38.6 Å². The molecule has 0 unspecified atom stereocenters. The van der Waals surface area contributed by atoms with Gasteiger partial charge < -0.3 is 20.5 Å². The van der Waals surface area contributed by atoms with Crippen LogP contribution in [-0.4, -0.2) is 41.1 Å². The van der Waals surface area contributed by atoms with Crippen molar-refractivity contribution < 1.29 is 0 Å². The van der Waals surface area contributed by atoms with E-state index in [1.807, 2.05) is 7.05 Å². The molecule has 2 heterocycles. The zero-order valence-corrected chi connectivity index (χ0v) is 20.6. The maximum atomic E-state index is 4.97. The Morgan fingerprint density at radius 3 is 2.75 bits per heavy atom. The van der Waals surface area contributed by atoms with Gasteiger partial charge in [0.05, 0.1) is 5.69 Å². The van der Waals surface area contributed by atoms with Crippen molar-refractivity contribution in [3.63, 3.8) is 0 Å². The summed E-state index contributed by atoms with van der Waals surface area (Å²) in [7, 11) is 4.15. The number of aryl methyl sites for hydroxylation is 1. The highest BCUT2D eigenvalue weighted by Crippen LogP contribution is 2.30. The zero-order chi connectivity index (χ0) is 22.1. The lowest BCUT2D eigenvalue weighted by Gasteiger charge is -2.35. The van der Waals surface area contributed by atoms with Gasteiger partial charge in [0.15, 0.2) is 0 Å². The minimum atomic E-state index is 0.503. The van der Waals surface area contributed by atoms with E-state index >= 15 is 0 Å². The Bertz CT molecular complexity index is 1070. The molecule has 3 N–H and O–H groups in total. The normalized spacial score (nSPS) is 20.8. The Hall–Kier alpha value is -2.12. The lowest BCUT2D eigenvalue weighted by atomic mass is 9.90. The fraction of sp³-hybridized carbons (Fsp3) is 0.520. The van der Waals surface area contributed by atoms with Crippen LogP contribution < -0.4 is 15.5 Å². The van der Waals surface area contributed by atoms with Gasteiger partial charge in [-0.15, -0.1) is 0 Å². The molecule has 0 radical (unpaired) electrons. The smallest absolute Gasteiger partial charge is 0.227 e. The van der Waals surface area contributed by atoms with Gasteiger partial charge >= 0.3 is 0 Å². The molecule has 1 saturated carbocycles. The van der Waals surface area contributed by atoms with Crippen molar-refractivity contribution in [1.29, 1.82) is 0 Å². The summed E-state index contributed by atoms with van der Waals surface area (Å²) >= 11 is 3.59. The molecule has 0 bridgehead atoms. The molecule has 0 saturated heterocycles. The number of H-pyrrole nitrogens is 1. The molecule has 1 aromatic carbocycles. The van der Waals surface area contributed by atoms with Gasteiger partial charge in [-0.1, -0.05) is 15.9 Å². The summed E-state index contributed by atoms with van der Waals surface area (Å²) in [5.74, 6) is 1.91. The van der Waals surface area contributed by atoms with Crippen LogP contribution in [-0.2, 0) is 19.4 Å². The first-order valence-electron chi connectivity index (χ1n) is 11.9. The van der Waals surface area contributed by atoms with E-state index in [0.29, 0.717) is 12.1 Å². The summed E-state index contributed by atoms with van der Waals surface area (Å²) in [6.45, 7) is 0.904. The van der Waals surface area contributed by atoms with Crippen LogP contribution in [0.3, 0.4) is 0 Å². The summed E-state index contributed by atoms with van der Waals surface area (Å²) < 4.78 is 1.13. The molecular formula is C25H33BrN6. The highest BCUT2D eigenvalue weighted by molar-refractivity contribution is 9.10. The maximum absolute atomic E-state index is 4.97. The lowest BCUT2D eigenvalue weighted by Crippen LogP contribution is -2.41. The standard InChI is InChI=1S/C25H33BrN6/c1-27-24-20-5-3-4-6-23(20)30-25(31-24)32(2)19-10-8-18(9-11-19)28-14-16-15-29-22-12-7-17(26)13-21(16)22/h7,12-13,15,18-19,28-29H,3-6,8-11,14H2,1-2H3,(H,27,30,31)/t18-,19+. The molecule has 32 heavy (non-hydrogen) atoms. The predicted octanol–water partition coefficient (Wildman–Crippen LogP) is 5.18. The van der Waals surface area contributed by atoms with E-state index in [0.717, 1.165) is 35.6 Å². The first-order valence-corrected chi connectivity index (χ1v) is 12.7. The fourth-order valence-corrected chi connectivity index (χ4v) is 5.69. The van der Waals surface area contributed by atoms with E-state index in [-0.39, 0.29) is 0 Å². The van der Waals surface area contributed by atoms with Gasteiger partial charge in [0.2, 0.25) is 5.95 Å². The van der Waals surface area contributed by atoms with E-state index in [2.05, 4.69) is 67.9 Å². The number of anilines is 2. The number of aromatic amines is 1. The first kappa shape index (κ1) is 21.7. The van der Waals surface area contributed by atoms with E-state index < -0.39 is 0 Å². The van der Waals surface area contributed by atoms with E-state index in [9.17, 15) is 0 Å². The lowest BCUT2D eigenvalue weighted by molar-refractivity contribution is 0.334. The van der Waals surface area contributed by atoms with Crippen molar-refractivity contribution in [2.75, 3.05) is 24.3 Å². The quantitative estimate of drug-likeness (QED) is 0.438. The minimum Gasteiger partial charge on any atom is -0.373 e. The monoisotopic (exact) mass is 496 g/mol. The Kier molecular flexibility index (Phi) is 6.37. The Labute approximate surface area is 198 Å². The molecule has 3 aromatic rings. The third kappa shape index (κ3) is 4.37. The van der Waals surface area contributed by atoms with Gasteiger partial charge in [-0.25, -0.2) is 4.98 Å². The highest BCUT2D eigenvalue weighted by Gasteiger charge is 2.27. The van der Waals surface area contributed by atoms with E-state index in [1.165, 1.54) is 66.2 Å². The second-order valence-electron chi connectivity index (χ2n) is 9.26. The van der Waals surface area contributed by atoms with Crippen LogP contribution in [0.25, 0.3) is 10.9 Å². The average Bonchev–Trinajstić information content (AvgIpc) is 3.23. The number of hydrogen-bond donors (Lipinski definition) is 3. The van der Waals surface area contributed by atoms with Crippen LogP contribution in [0.5, 0.6) is 0 Å². The molecule has 0 atom stereocenters. The number of benzene rings is 1. The van der Waals surface area contributed by atoms with Gasteiger partial charge in [-0.3, -0.25) is 0 Å². The number of nitrogens with one attached hydrogen (secondary N) is 3. The second kappa shape index (κ2) is 9.40. The molecular weight excluding hydrogens is 464 g/mol. The molecule has 0 aliphatic heterocycles. The Morgan fingerprint density at radius 2 is 1.94 bits per heavy atom. The summed E-state index contributed by atoms with van der Waals surface area (Å²) in [6, 6.07) is 7.48. The summed E-state index contributed by atoms with van der Waals surface area (Å²) in [5.41, 5.74) is 5.11. The molecule has 0 spiro atoms. The number of halogens is 1. The summed E-state index contributed by atoms with van der Waals surface area (Å²) in [5, 5.41) is 8.41. The Morgan fingerprint density at radius 1 is 1.12 bits per heavy atom. The van der Waals surface area contributed by atoms with Crippen molar-refractivity contribution in [2.24, 2.45) is 0 Å². The van der Waals surface area contributed by atoms with Gasteiger partial charge in [-0.2, -0.15) is 4.98 Å². The fourth-order valence-electron chi connectivity index (χ4n) is 5.33. The molecule has 2 aliphatic rings. The van der Waals surface area contributed by atoms with Crippen molar-refractivity contribution in [2.45, 2.75) is 70.0 Å². The maximum Gasteiger partial charge on any atom is 0.227 e. The van der Waals surface area contributed by atoms with Crippen LogP contribution in [0.4, 0.5) is 11.8 Å². The number of rotatable bonds is 6. The summed E-state index contributed by atoms with van der Waals surface area (Å²) in [4.78, 5) is 15.6. The molecule has 2 aromatic heterocycles. The predicted molar refractivity (Wildman–Crippen MR) is 136 cm³/mol. The van der Waals surface area contributed by atoms with Crippen LogP contribution in [0.1, 0.15) is 55.3 Å². The SMILES string of the molecule is CNc1nc(N(C)[C@H]2CC[C@@H](NCc3c[nH]c4ccc(Br)cc34)CC2)nc2c1CCCC2. The third-order valence-corrected chi connectivity index (χ3v) is 7.77. The molecule has 7 heteroatoms. The van der Waals surface area contributed by atoms with Crippen LogP contribution in [0.15, 0.2) is 28.9 Å². The van der Waals surface area contributed by atoms with Gasteiger partial charge in [0.1, 0.15) is 5.82 Å². The van der Waals surface area contributed by atoms with Gasteiger partial charge in [0, 0.05) is 59.9 Å². The van der Waals surface area contributed by atoms with Crippen LogP contribution in [0, 0.1) is 0 Å². The highest BCUT2D eigenvalue weighted by atomic mass is 79.9. The molecule has 2 aliphatic carbocycles. The topological polar surface area (TPSA) is 68.9 Å². The van der Waals surface area contributed by atoms with Crippen molar-refractivity contribution in [3.05, 3.63) is 45.7 Å². The Balaban J connectivity index is 1.20. The van der Waals surface area contributed by atoms with E-state index in [1.54, 1.807) is 0 Å². The number of aromatic nitrogens is 3. The van der Waals surface area contributed by atoms with E-state index in [4.69, 9.17) is 9.97 Å². The third-order valence-electron chi connectivity index (χ3n) is 7.28. The number of fused-ring (bicyclic) bond motifs is 2.